The van der Waals surface area contributed by atoms with Crippen LogP contribution in [-0.4, -0.2) is 30.5 Å². The van der Waals surface area contributed by atoms with Gasteiger partial charge < -0.3 is 19.5 Å². The molecule has 0 saturated carbocycles. The van der Waals surface area contributed by atoms with Crippen LogP contribution in [0.3, 0.4) is 0 Å². The van der Waals surface area contributed by atoms with Crippen molar-refractivity contribution in [3.8, 4) is 11.5 Å². The molecule has 6 nitrogen and oxygen atoms in total. The van der Waals surface area contributed by atoms with Crippen molar-refractivity contribution in [3.05, 3.63) is 66.7 Å². The van der Waals surface area contributed by atoms with Crippen LogP contribution in [-0.2, 0) is 9.53 Å². The van der Waals surface area contributed by atoms with Gasteiger partial charge in [-0.25, -0.2) is 0 Å². The van der Waals surface area contributed by atoms with Crippen LogP contribution >= 0.6 is 12.2 Å². The first kappa shape index (κ1) is 19.3. The van der Waals surface area contributed by atoms with Crippen molar-refractivity contribution >= 4 is 29.0 Å². The van der Waals surface area contributed by atoms with Gasteiger partial charge in [0.05, 0.1) is 13.2 Å². The second-order valence-corrected chi connectivity index (χ2v) is 7.44. The Kier molecular flexibility index (Phi) is 4.92. The molecule has 0 aliphatic carbocycles. The minimum Gasteiger partial charge on any atom is -0.497 e. The van der Waals surface area contributed by atoms with Crippen LogP contribution in [0.15, 0.2) is 61.2 Å². The summed E-state index contributed by atoms with van der Waals surface area (Å²) in [6.07, 6.45) is 1.55. The average molecular weight is 410 g/mol. The summed E-state index contributed by atoms with van der Waals surface area (Å²) in [7, 11) is 1.60. The van der Waals surface area contributed by atoms with Crippen molar-refractivity contribution in [1.82, 2.24) is 5.32 Å². The number of carbonyl (C=O) groups excluding carboxylic acids is 1. The largest absolute Gasteiger partial charge is 0.497 e. The molecule has 1 saturated heterocycles. The number of nitrogens with one attached hydrogen (secondary N) is 1. The predicted molar refractivity (Wildman–Crippen MR) is 114 cm³/mol. The van der Waals surface area contributed by atoms with E-state index in [-0.39, 0.29) is 12.6 Å². The molecular formula is C22H22N2O4S. The van der Waals surface area contributed by atoms with Gasteiger partial charge in [0.15, 0.2) is 5.11 Å². The minimum absolute atomic E-state index is 0.124. The van der Waals surface area contributed by atoms with Gasteiger partial charge in [-0.15, -0.1) is 0 Å². The molecular weight excluding hydrogens is 388 g/mol. The zero-order valence-corrected chi connectivity index (χ0v) is 17.1. The number of methoxy groups -OCH3 is 1. The van der Waals surface area contributed by atoms with Crippen LogP contribution in [0.2, 0.25) is 0 Å². The summed E-state index contributed by atoms with van der Waals surface area (Å²) in [5.41, 5.74) is 0.552. The van der Waals surface area contributed by atoms with Crippen molar-refractivity contribution in [1.29, 1.82) is 0 Å². The number of ether oxygens (including phenoxy) is 3. The SMILES string of the molecule is C=CCOC(=O)[C@@H]1[C@H]2NC(=S)N(c3ccccc3)[C@@]1(C)Oc1ccc(OC)cc12. The monoisotopic (exact) mass is 410 g/mol. The lowest BCUT2D eigenvalue weighted by Crippen LogP contribution is -2.71. The number of thiocarbonyl (C=S) groups is 1. The van der Waals surface area contributed by atoms with Gasteiger partial charge in [0, 0.05) is 11.3 Å². The number of nitrogens with zero attached hydrogens (tertiary/aromatic N) is 1. The van der Waals surface area contributed by atoms with E-state index >= 15 is 0 Å². The number of rotatable bonds is 5. The molecule has 1 fully saturated rings. The third-order valence-corrected chi connectivity index (χ3v) is 5.62. The maximum atomic E-state index is 13.1. The molecule has 7 heteroatoms. The molecule has 29 heavy (non-hydrogen) atoms. The maximum Gasteiger partial charge on any atom is 0.317 e. The van der Waals surface area contributed by atoms with Gasteiger partial charge in [0.1, 0.15) is 24.0 Å². The third-order valence-electron chi connectivity index (χ3n) is 5.32. The summed E-state index contributed by atoms with van der Waals surface area (Å²) < 4.78 is 17.3. The maximum absolute atomic E-state index is 13.1. The van der Waals surface area contributed by atoms with Crippen LogP contribution in [0.5, 0.6) is 11.5 Å². The second-order valence-electron chi connectivity index (χ2n) is 7.05. The second kappa shape index (κ2) is 7.40. The molecule has 2 aliphatic heterocycles. The molecule has 0 amide bonds. The lowest BCUT2D eigenvalue weighted by molar-refractivity contribution is -0.159. The molecule has 0 radical (unpaired) electrons. The molecule has 0 aromatic heterocycles. The van der Waals surface area contributed by atoms with Crippen LogP contribution in [0.25, 0.3) is 0 Å². The van der Waals surface area contributed by atoms with E-state index in [0.717, 1.165) is 11.3 Å². The highest BCUT2D eigenvalue weighted by atomic mass is 32.1. The van der Waals surface area contributed by atoms with E-state index in [4.69, 9.17) is 26.4 Å². The van der Waals surface area contributed by atoms with Gasteiger partial charge in [-0.2, -0.15) is 0 Å². The predicted octanol–water partition coefficient (Wildman–Crippen LogP) is 3.59. The number of hydrogen-bond acceptors (Lipinski definition) is 5. The Labute approximate surface area is 175 Å². The Morgan fingerprint density at radius 2 is 2.10 bits per heavy atom. The molecule has 0 unspecified atom stereocenters. The van der Waals surface area contributed by atoms with E-state index in [0.29, 0.717) is 16.6 Å². The topological polar surface area (TPSA) is 60.0 Å². The first-order chi connectivity index (χ1) is 14.0. The minimum atomic E-state index is -1.08. The highest BCUT2D eigenvalue weighted by molar-refractivity contribution is 7.80. The molecule has 2 heterocycles. The fraction of sp³-hybridized carbons (Fsp3) is 0.273. The Bertz CT molecular complexity index is 965. The number of para-hydroxylation sites is 1. The molecule has 2 aromatic rings. The zero-order chi connectivity index (χ0) is 20.6. The van der Waals surface area contributed by atoms with Crippen molar-refractivity contribution in [3.63, 3.8) is 0 Å². The number of anilines is 1. The number of fused-ring (bicyclic) bond motifs is 4. The van der Waals surface area contributed by atoms with Crippen molar-refractivity contribution in [2.75, 3.05) is 18.6 Å². The van der Waals surface area contributed by atoms with Gasteiger partial charge >= 0.3 is 5.97 Å². The van der Waals surface area contributed by atoms with E-state index in [2.05, 4.69) is 11.9 Å². The smallest absolute Gasteiger partial charge is 0.317 e. The first-order valence-corrected chi connectivity index (χ1v) is 9.70. The van der Waals surface area contributed by atoms with Gasteiger partial charge in [-0.1, -0.05) is 30.9 Å². The van der Waals surface area contributed by atoms with E-state index in [1.165, 1.54) is 0 Å². The number of benzene rings is 2. The highest BCUT2D eigenvalue weighted by Gasteiger charge is 2.59. The summed E-state index contributed by atoms with van der Waals surface area (Å²) in [6, 6.07) is 14.7. The van der Waals surface area contributed by atoms with Crippen LogP contribution < -0.4 is 19.7 Å². The summed E-state index contributed by atoms with van der Waals surface area (Å²) >= 11 is 5.69. The molecule has 150 valence electrons. The van der Waals surface area contributed by atoms with E-state index in [9.17, 15) is 4.79 Å². The van der Waals surface area contributed by atoms with Crippen LogP contribution in [0.1, 0.15) is 18.5 Å². The average Bonchev–Trinajstić information content (AvgIpc) is 2.72. The van der Waals surface area contributed by atoms with Gasteiger partial charge in [-0.05, 0) is 49.5 Å². The molecule has 4 rings (SSSR count). The number of hydrogen-bond donors (Lipinski definition) is 1. The normalized spacial score (nSPS) is 24.6. The number of esters is 1. The van der Waals surface area contributed by atoms with E-state index < -0.39 is 17.7 Å². The summed E-state index contributed by atoms with van der Waals surface area (Å²) in [4.78, 5) is 15.0. The summed E-state index contributed by atoms with van der Waals surface area (Å²) in [5.74, 6) is 0.283. The number of carbonyl (C=O) groups is 1. The van der Waals surface area contributed by atoms with Crippen molar-refractivity contribution < 1.29 is 19.0 Å². The Morgan fingerprint density at radius 1 is 1.34 bits per heavy atom. The fourth-order valence-electron chi connectivity index (χ4n) is 4.05. The van der Waals surface area contributed by atoms with Gasteiger partial charge in [0.25, 0.3) is 0 Å². The van der Waals surface area contributed by atoms with E-state index in [1.807, 2.05) is 60.4 Å². The molecule has 2 bridgehead atoms. The molecule has 2 aliphatic rings. The Balaban J connectivity index is 1.87. The van der Waals surface area contributed by atoms with Gasteiger partial charge in [-0.3, -0.25) is 9.69 Å². The highest BCUT2D eigenvalue weighted by Crippen LogP contribution is 2.50. The van der Waals surface area contributed by atoms with Crippen molar-refractivity contribution in [2.24, 2.45) is 5.92 Å². The van der Waals surface area contributed by atoms with Crippen LogP contribution in [0.4, 0.5) is 5.69 Å². The summed E-state index contributed by atoms with van der Waals surface area (Å²) in [5, 5.41) is 3.81. The third kappa shape index (κ3) is 3.11. The quantitative estimate of drug-likeness (QED) is 0.459. The van der Waals surface area contributed by atoms with Gasteiger partial charge in [0.2, 0.25) is 5.72 Å². The zero-order valence-electron chi connectivity index (χ0n) is 16.3. The van der Waals surface area contributed by atoms with Crippen LogP contribution in [0, 0.1) is 5.92 Å². The summed E-state index contributed by atoms with van der Waals surface area (Å²) in [6.45, 7) is 5.62. The first-order valence-electron chi connectivity index (χ1n) is 9.30. The van der Waals surface area contributed by atoms with E-state index in [1.54, 1.807) is 13.2 Å². The Morgan fingerprint density at radius 3 is 2.79 bits per heavy atom. The Hall–Kier alpha value is -3.06. The molecule has 0 spiro atoms. The molecule has 1 N–H and O–H groups in total. The fourth-order valence-corrected chi connectivity index (χ4v) is 4.46. The standard InChI is InChI=1S/C22H22N2O4S/c1-4-12-27-20(25)18-19-16-13-15(26-3)10-11-17(16)28-22(18,2)24(21(29)23-19)14-8-6-5-7-9-14/h4-11,13,18-19H,1,12H2,2-3H3,(H,23,29)/t18-,19-,22-/m0/s1. The molecule has 2 aromatic carbocycles. The molecule has 3 atom stereocenters. The lowest BCUT2D eigenvalue weighted by atomic mass is 9.79. The van der Waals surface area contributed by atoms with Crippen molar-refractivity contribution in [2.45, 2.75) is 18.7 Å². The lowest BCUT2D eigenvalue weighted by Gasteiger charge is -2.55.